The molecule has 0 atom stereocenters. The van der Waals surface area contributed by atoms with Gasteiger partial charge in [-0.2, -0.15) is 0 Å². The van der Waals surface area contributed by atoms with Crippen LogP contribution in [-0.4, -0.2) is 24.0 Å². The van der Waals surface area contributed by atoms with Crippen LogP contribution in [-0.2, 0) is 11.3 Å². The highest BCUT2D eigenvalue weighted by Gasteiger charge is 2.12. The molecule has 0 spiro atoms. The zero-order valence-electron chi connectivity index (χ0n) is 12.3. The molecule has 2 aromatic rings. The Bertz CT molecular complexity index is 525. The van der Waals surface area contributed by atoms with Gasteiger partial charge in [-0.25, -0.2) is 0 Å². The van der Waals surface area contributed by atoms with Gasteiger partial charge < -0.3 is 9.64 Å². The highest BCUT2D eigenvalue weighted by Crippen LogP contribution is 2.13. The lowest BCUT2D eigenvalue weighted by atomic mass is 10.2. The van der Waals surface area contributed by atoms with Crippen LogP contribution in [0.2, 0.25) is 0 Å². The van der Waals surface area contributed by atoms with Crippen LogP contribution in [0, 0.1) is 0 Å². The van der Waals surface area contributed by atoms with Crippen molar-refractivity contribution in [2.24, 2.45) is 0 Å². The van der Waals surface area contributed by atoms with Gasteiger partial charge in [-0.15, -0.1) is 11.3 Å². The molecule has 0 aliphatic carbocycles. The third-order valence-corrected chi connectivity index (χ3v) is 4.07. The first kappa shape index (κ1) is 15.6. The highest BCUT2D eigenvalue weighted by atomic mass is 32.1. The molecular weight excluding hydrogens is 282 g/mol. The lowest BCUT2D eigenvalue weighted by molar-refractivity contribution is -0.131. The summed E-state index contributed by atoms with van der Waals surface area (Å²) in [6.07, 6.45) is 1.28. The van der Waals surface area contributed by atoms with Crippen molar-refractivity contribution >= 4 is 17.2 Å². The second-order valence-corrected chi connectivity index (χ2v) is 5.78. The van der Waals surface area contributed by atoms with Crippen LogP contribution in [0.15, 0.2) is 47.8 Å². The molecule has 0 unspecified atom stereocenters. The molecule has 112 valence electrons. The second-order valence-electron chi connectivity index (χ2n) is 4.75. The molecule has 1 aromatic heterocycles. The number of carbonyl (C=O) groups is 1. The number of para-hydroxylation sites is 1. The SMILES string of the molecule is CCN(Cc1cccs1)C(=O)CCCOc1ccccc1. The van der Waals surface area contributed by atoms with Crippen LogP contribution in [0.25, 0.3) is 0 Å². The number of carbonyl (C=O) groups excluding carboxylic acids is 1. The molecule has 0 saturated heterocycles. The Morgan fingerprint density at radius 3 is 2.67 bits per heavy atom. The van der Waals surface area contributed by atoms with E-state index in [1.165, 1.54) is 4.88 Å². The zero-order valence-corrected chi connectivity index (χ0v) is 13.1. The van der Waals surface area contributed by atoms with Gasteiger partial charge in [0.15, 0.2) is 0 Å². The van der Waals surface area contributed by atoms with Gasteiger partial charge in [0, 0.05) is 17.8 Å². The van der Waals surface area contributed by atoms with E-state index in [1.807, 2.05) is 53.6 Å². The number of hydrogen-bond acceptors (Lipinski definition) is 3. The number of amides is 1. The van der Waals surface area contributed by atoms with Crippen molar-refractivity contribution in [2.75, 3.05) is 13.2 Å². The van der Waals surface area contributed by atoms with E-state index in [0.29, 0.717) is 19.6 Å². The minimum atomic E-state index is 0.197. The molecule has 0 bridgehead atoms. The van der Waals surface area contributed by atoms with Gasteiger partial charge in [0.05, 0.1) is 13.2 Å². The summed E-state index contributed by atoms with van der Waals surface area (Å²) in [6, 6.07) is 13.8. The molecule has 0 aliphatic rings. The molecule has 0 fully saturated rings. The molecule has 1 heterocycles. The lowest BCUT2D eigenvalue weighted by Crippen LogP contribution is -2.30. The average Bonchev–Trinajstić information content (AvgIpc) is 3.03. The number of ether oxygens (including phenoxy) is 1. The Labute approximate surface area is 130 Å². The van der Waals surface area contributed by atoms with Gasteiger partial charge in [0.25, 0.3) is 0 Å². The van der Waals surface area contributed by atoms with Gasteiger partial charge in [0.1, 0.15) is 5.75 Å². The van der Waals surface area contributed by atoms with Crippen molar-refractivity contribution in [1.29, 1.82) is 0 Å². The summed E-state index contributed by atoms with van der Waals surface area (Å²) in [5, 5.41) is 2.04. The predicted molar refractivity (Wildman–Crippen MR) is 86.6 cm³/mol. The van der Waals surface area contributed by atoms with Gasteiger partial charge in [0.2, 0.25) is 5.91 Å². The second kappa shape index (κ2) is 8.47. The molecule has 2 rings (SSSR count). The van der Waals surface area contributed by atoms with Gasteiger partial charge >= 0.3 is 0 Å². The van der Waals surface area contributed by atoms with Gasteiger partial charge in [-0.1, -0.05) is 24.3 Å². The van der Waals surface area contributed by atoms with Crippen molar-refractivity contribution in [3.63, 3.8) is 0 Å². The fourth-order valence-corrected chi connectivity index (χ4v) is 2.77. The van der Waals surface area contributed by atoms with E-state index < -0.39 is 0 Å². The van der Waals surface area contributed by atoms with E-state index in [0.717, 1.165) is 18.7 Å². The van der Waals surface area contributed by atoms with E-state index in [-0.39, 0.29) is 5.91 Å². The fraction of sp³-hybridized carbons (Fsp3) is 0.353. The van der Waals surface area contributed by atoms with Crippen LogP contribution in [0.4, 0.5) is 0 Å². The Morgan fingerprint density at radius 1 is 1.19 bits per heavy atom. The van der Waals surface area contributed by atoms with E-state index in [4.69, 9.17) is 4.74 Å². The summed E-state index contributed by atoms with van der Waals surface area (Å²) in [5.74, 6) is 1.05. The molecule has 3 nitrogen and oxygen atoms in total. The van der Waals surface area contributed by atoms with Gasteiger partial charge in [-0.3, -0.25) is 4.79 Å². The first-order valence-corrected chi connectivity index (χ1v) is 8.15. The normalized spacial score (nSPS) is 10.3. The monoisotopic (exact) mass is 303 g/mol. The summed E-state index contributed by atoms with van der Waals surface area (Å²) in [6.45, 7) is 4.06. The molecule has 0 saturated carbocycles. The van der Waals surface area contributed by atoms with Crippen LogP contribution in [0.1, 0.15) is 24.6 Å². The molecule has 1 amide bonds. The van der Waals surface area contributed by atoms with E-state index >= 15 is 0 Å². The van der Waals surface area contributed by atoms with Gasteiger partial charge in [-0.05, 0) is 36.9 Å². The fourth-order valence-electron chi connectivity index (χ4n) is 2.06. The summed E-state index contributed by atoms with van der Waals surface area (Å²) in [7, 11) is 0. The van der Waals surface area contributed by atoms with Crippen molar-refractivity contribution in [3.8, 4) is 5.75 Å². The minimum absolute atomic E-state index is 0.197. The number of thiophene rings is 1. The van der Waals surface area contributed by atoms with Crippen LogP contribution in [0.3, 0.4) is 0 Å². The summed E-state index contributed by atoms with van der Waals surface area (Å²) >= 11 is 1.69. The van der Waals surface area contributed by atoms with Crippen molar-refractivity contribution < 1.29 is 9.53 Å². The maximum Gasteiger partial charge on any atom is 0.223 e. The molecule has 1 aromatic carbocycles. The van der Waals surface area contributed by atoms with E-state index in [1.54, 1.807) is 11.3 Å². The lowest BCUT2D eigenvalue weighted by Gasteiger charge is -2.20. The standard InChI is InChI=1S/C17H21NO2S/c1-2-18(14-16-10-7-13-21-16)17(19)11-6-12-20-15-8-4-3-5-9-15/h3-5,7-10,13H,2,6,11-12,14H2,1H3. The summed E-state index contributed by atoms with van der Waals surface area (Å²) in [5.41, 5.74) is 0. The predicted octanol–water partition coefficient (Wildman–Crippen LogP) is 3.96. The Morgan fingerprint density at radius 2 is 2.00 bits per heavy atom. The van der Waals surface area contributed by atoms with Crippen LogP contribution < -0.4 is 4.74 Å². The zero-order chi connectivity index (χ0) is 14.9. The third-order valence-electron chi connectivity index (χ3n) is 3.21. The van der Waals surface area contributed by atoms with Crippen molar-refractivity contribution in [2.45, 2.75) is 26.3 Å². The topological polar surface area (TPSA) is 29.5 Å². The first-order chi connectivity index (χ1) is 10.3. The number of hydrogen-bond donors (Lipinski definition) is 0. The summed E-state index contributed by atoms with van der Waals surface area (Å²) < 4.78 is 5.61. The van der Waals surface area contributed by atoms with Crippen molar-refractivity contribution in [3.05, 3.63) is 52.7 Å². The van der Waals surface area contributed by atoms with Crippen molar-refractivity contribution in [1.82, 2.24) is 4.90 Å². The molecule has 0 radical (unpaired) electrons. The third kappa shape index (κ3) is 5.23. The molecule has 21 heavy (non-hydrogen) atoms. The molecular formula is C17H21NO2S. The van der Waals surface area contributed by atoms with E-state index in [9.17, 15) is 4.79 Å². The smallest absolute Gasteiger partial charge is 0.223 e. The molecule has 0 N–H and O–H groups in total. The first-order valence-electron chi connectivity index (χ1n) is 7.27. The minimum Gasteiger partial charge on any atom is -0.494 e. The maximum absolute atomic E-state index is 12.2. The Hall–Kier alpha value is -1.81. The van der Waals surface area contributed by atoms with Crippen LogP contribution in [0.5, 0.6) is 5.75 Å². The highest BCUT2D eigenvalue weighted by molar-refractivity contribution is 7.09. The largest absolute Gasteiger partial charge is 0.494 e. The number of benzene rings is 1. The quantitative estimate of drug-likeness (QED) is 0.691. The van der Waals surface area contributed by atoms with Crippen LogP contribution >= 0.6 is 11.3 Å². The molecule has 0 aliphatic heterocycles. The number of nitrogens with zero attached hydrogens (tertiary/aromatic N) is 1. The Balaban J connectivity index is 1.70. The summed E-state index contributed by atoms with van der Waals surface area (Å²) in [4.78, 5) is 15.3. The Kier molecular flexibility index (Phi) is 6.28. The molecule has 4 heteroatoms. The maximum atomic E-state index is 12.2. The number of rotatable bonds is 8. The van der Waals surface area contributed by atoms with E-state index in [2.05, 4.69) is 6.07 Å². The average molecular weight is 303 g/mol.